The number of hydrogen-bond acceptors (Lipinski definition) is 7. The van der Waals surface area contributed by atoms with E-state index in [1.54, 1.807) is 19.1 Å². The van der Waals surface area contributed by atoms with Gasteiger partial charge in [-0.15, -0.1) is 0 Å². The Morgan fingerprint density at radius 3 is 2.15 bits per heavy atom. The third kappa shape index (κ3) is 2.68. The normalized spacial score (nSPS) is 25.6. The summed E-state index contributed by atoms with van der Waals surface area (Å²) >= 11 is 0. The summed E-state index contributed by atoms with van der Waals surface area (Å²) in [6.07, 6.45) is 3.48. The SMILES string of the molecule is CCOC(=O)C1(C#N)C(C=Cc2ccccc2)C(OC)(OC)C1(OC)OC. The predicted octanol–water partition coefficient (Wildman–Crippen LogP) is 2.38. The Balaban J connectivity index is 2.65. The van der Waals surface area contributed by atoms with E-state index in [1.807, 2.05) is 30.3 Å². The zero-order chi connectivity index (χ0) is 20.1. The molecule has 2 rings (SSSR count). The molecule has 7 heteroatoms. The van der Waals surface area contributed by atoms with Gasteiger partial charge in [-0.25, -0.2) is 0 Å². The molecule has 1 saturated carbocycles. The third-order valence-corrected chi connectivity index (χ3v) is 5.09. The Kier molecular flexibility index (Phi) is 6.39. The van der Waals surface area contributed by atoms with E-state index in [0.29, 0.717) is 0 Å². The van der Waals surface area contributed by atoms with Crippen LogP contribution < -0.4 is 0 Å². The maximum Gasteiger partial charge on any atom is 0.333 e. The van der Waals surface area contributed by atoms with Gasteiger partial charge in [-0.05, 0) is 12.5 Å². The lowest BCUT2D eigenvalue weighted by molar-refractivity contribution is -0.492. The first kappa shape index (κ1) is 21.1. The zero-order valence-corrected chi connectivity index (χ0v) is 16.2. The molecule has 0 aromatic heterocycles. The van der Waals surface area contributed by atoms with Gasteiger partial charge in [0.05, 0.1) is 18.6 Å². The number of methoxy groups -OCH3 is 4. The Labute approximate surface area is 159 Å². The molecule has 1 aliphatic carbocycles. The van der Waals surface area contributed by atoms with E-state index < -0.39 is 28.9 Å². The lowest BCUT2D eigenvalue weighted by Crippen LogP contribution is -2.85. The lowest BCUT2D eigenvalue weighted by atomic mass is 9.50. The van der Waals surface area contributed by atoms with E-state index in [4.69, 9.17) is 23.7 Å². The number of nitrogens with zero attached hydrogens (tertiary/aromatic N) is 1. The average molecular weight is 375 g/mol. The Bertz CT molecular complexity index is 718. The molecule has 0 bridgehead atoms. The highest BCUT2D eigenvalue weighted by atomic mass is 16.8. The summed E-state index contributed by atoms with van der Waals surface area (Å²) in [4.78, 5) is 12.9. The minimum atomic E-state index is -1.82. The van der Waals surface area contributed by atoms with Crippen molar-refractivity contribution >= 4 is 12.0 Å². The number of esters is 1. The van der Waals surface area contributed by atoms with Gasteiger partial charge in [-0.1, -0.05) is 42.5 Å². The summed E-state index contributed by atoms with van der Waals surface area (Å²) in [5.74, 6) is -4.94. The Hall–Kier alpha value is -2.24. The fraction of sp³-hybridized carbons (Fsp3) is 0.500. The highest BCUT2D eigenvalue weighted by Crippen LogP contribution is 2.66. The van der Waals surface area contributed by atoms with Crippen LogP contribution >= 0.6 is 0 Å². The summed E-state index contributed by atoms with van der Waals surface area (Å²) in [6, 6.07) is 11.5. The topological polar surface area (TPSA) is 87.0 Å². The second-order valence-corrected chi connectivity index (χ2v) is 5.99. The van der Waals surface area contributed by atoms with Gasteiger partial charge in [-0.2, -0.15) is 5.26 Å². The molecule has 0 spiro atoms. The van der Waals surface area contributed by atoms with Gasteiger partial charge in [0, 0.05) is 28.4 Å². The minimum Gasteiger partial charge on any atom is -0.465 e. The van der Waals surface area contributed by atoms with Gasteiger partial charge in [-0.3, -0.25) is 4.79 Å². The Morgan fingerprint density at radius 1 is 1.11 bits per heavy atom. The highest BCUT2D eigenvalue weighted by Gasteiger charge is 2.88. The minimum absolute atomic E-state index is 0.105. The summed E-state index contributed by atoms with van der Waals surface area (Å²) in [5, 5.41) is 10.1. The third-order valence-electron chi connectivity index (χ3n) is 5.09. The summed E-state index contributed by atoms with van der Waals surface area (Å²) in [6.45, 7) is 1.77. The van der Waals surface area contributed by atoms with Crippen molar-refractivity contribution in [2.45, 2.75) is 18.5 Å². The first-order valence-electron chi connectivity index (χ1n) is 8.52. The molecule has 27 heavy (non-hydrogen) atoms. The van der Waals surface area contributed by atoms with E-state index in [0.717, 1.165) is 5.56 Å². The molecule has 1 aromatic carbocycles. The van der Waals surface area contributed by atoms with Crippen LogP contribution in [-0.4, -0.2) is 52.6 Å². The first-order chi connectivity index (χ1) is 13.0. The van der Waals surface area contributed by atoms with Crippen LogP contribution in [0.5, 0.6) is 0 Å². The molecule has 1 fully saturated rings. The number of carbonyl (C=O) groups is 1. The molecule has 0 aliphatic heterocycles. The number of nitriles is 1. The van der Waals surface area contributed by atoms with Gasteiger partial charge < -0.3 is 23.7 Å². The van der Waals surface area contributed by atoms with Crippen molar-refractivity contribution in [1.82, 2.24) is 0 Å². The zero-order valence-electron chi connectivity index (χ0n) is 16.2. The number of hydrogen-bond donors (Lipinski definition) is 0. The number of carbonyl (C=O) groups excluding carboxylic acids is 1. The molecule has 2 unspecified atom stereocenters. The maximum absolute atomic E-state index is 12.9. The molecular formula is C20H25NO6. The van der Waals surface area contributed by atoms with Crippen LogP contribution in [0, 0.1) is 22.7 Å². The molecule has 2 atom stereocenters. The standard InChI is InChI=1S/C20H25NO6/c1-6-27-17(22)18(14-21)16(13-12-15-10-8-7-9-11-15)19(23-2,24-3)20(18,25-4)26-5/h7-13,16H,6H2,1-5H3. The predicted molar refractivity (Wildman–Crippen MR) is 97.1 cm³/mol. The molecule has 0 N–H and O–H groups in total. The fourth-order valence-electron chi connectivity index (χ4n) is 3.92. The maximum atomic E-state index is 12.9. The van der Waals surface area contributed by atoms with Crippen LogP contribution in [0.4, 0.5) is 0 Å². The van der Waals surface area contributed by atoms with Gasteiger partial charge in [0.2, 0.25) is 11.2 Å². The average Bonchev–Trinajstić information content (AvgIpc) is 2.70. The van der Waals surface area contributed by atoms with Crippen LogP contribution in [0.15, 0.2) is 36.4 Å². The van der Waals surface area contributed by atoms with Crippen molar-refractivity contribution in [2.75, 3.05) is 35.0 Å². The van der Waals surface area contributed by atoms with Crippen LogP contribution in [-0.2, 0) is 28.5 Å². The quantitative estimate of drug-likeness (QED) is 0.509. The van der Waals surface area contributed by atoms with Crippen molar-refractivity contribution in [3.8, 4) is 6.07 Å². The van der Waals surface area contributed by atoms with Crippen molar-refractivity contribution in [3.05, 3.63) is 42.0 Å². The van der Waals surface area contributed by atoms with Crippen molar-refractivity contribution in [3.63, 3.8) is 0 Å². The van der Waals surface area contributed by atoms with E-state index in [9.17, 15) is 10.1 Å². The number of benzene rings is 1. The van der Waals surface area contributed by atoms with Crippen LogP contribution in [0.3, 0.4) is 0 Å². The van der Waals surface area contributed by atoms with Crippen LogP contribution in [0.2, 0.25) is 0 Å². The molecule has 0 amide bonds. The highest BCUT2D eigenvalue weighted by molar-refractivity contribution is 5.85. The molecule has 0 saturated heterocycles. The van der Waals surface area contributed by atoms with Crippen molar-refractivity contribution < 1.29 is 28.5 Å². The largest absolute Gasteiger partial charge is 0.465 e. The Morgan fingerprint density at radius 2 is 1.70 bits per heavy atom. The van der Waals surface area contributed by atoms with E-state index >= 15 is 0 Å². The fourth-order valence-corrected chi connectivity index (χ4v) is 3.92. The second-order valence-electron chi connectivity index (χ2n) is 5.99. The first-order valence-corrected chi connectivity index (χ1v) is 8.52. The van der Waals surface area contributed by atoms with Gasteiger partial charge in [0.25, 0.3) is 5.79 Å². The molecule has 1 aromatic rings. The molecule has 7 nitrogen and oxygen atoms in total. The van der Waals surface area contributed by atoms with Crippen LogP contribution in [0.1, 0.15) is 12.5 Å². The number of rotatable bonds is 8. The smallest absolute Gasteiger partial charge is 0.333 e. The van der Waals surface area contributed by atoms with Gasteiger partial charge in [0.1, 0.15) is 0 Å². The van der Waals surface area contributed by atoms with E-state index in [1.165, 1.54) is 28.4 Å². The molecule has 0 heterocycles. The summed E-state index contributed by atoms with van der Waals surface area (Å²) < 4.78 is 27.5. The molecule has 146 valence electrons. The van der Waals surface area contributed by atoms with Crippen molar-refractivity contribution in [1.29, 1.82) is 5.26 Å². The summed E-state index contributed by atoms with van der Waals surface area (Å²) in [7, 11) is 5.48. The van der Waals surface area contributed by atoms with Crippen LogP contribution in [0.25, 0.3) is 6.08 Å². The number of ether oxygens (including phenoxy) is 5. The molecular weight excluding hydrogens is 350 g/mol. The van der Waals surface area contributed by atoms with Crippen molar-refractivity contribution in [2.24, 2.45) is 11.3 Å². The lowest BCUT2D eigenvalue weighted by Gasteiger charge is -2.65. The van der Waals surface area contributed by atoms with E-state index in [2.05, 4.69) is 6.07 Å². The van der Waals surface area contributed by atoms with E-state index in [-0.39, 0.29) is 6.61 Å². The monoisotopic (exact) mass is 375 g/mol. The second kappa shape index (κ2) is 8.19. The van der Waals surface area contributed by atoms with Gasteiger partial charge >= 0.3 is 5.97 Å². The summed E-state index contributed by atoms with van der Waals surface area (Å²) in [5.41, 5.74) is -0.925. The molecule has 0 radical (unpaired) electrons. The van der Waals surface area contributed by atoms with Gasteiger partial charge in [0.15, 0.2) is 0 Å². The molecule has 1 aliphatic rings.